The minimum Gasteiger partial charge on any atom is -0.198 e. The fourth-order valence-electron chi connectivity index (χ4n) is 1.14. The van der Waals surface area contributed by atoms with Crippen molar-refractivity contribution in [3.05, 3.63) is 11.7 Å². The van der Waals surface area contributed by atoms with E-state index in [-0.39, 0.29) is 6.42 Å². The lowest BCUT2D eigenvalue weighted by Gasteiger charge is -2.00. The van der Waals surface area contributed by atoms with Crippen LogP contribution in [-0.4, -0.2) is 6.18 Å². The maximum atomic E-state index is 12.5. The molecule has 0 saturated heterocycles. The van der Waals surface area contributed by atoms with Crippen LogP contribution in [0, 0.1) is 11.8 Å². The summed E-state index contributed by atoms with van der Waals surface area (Å²) in [6, 6.07) is 0. The van der Waals surface area contributed by atoms with Gasteiger partial charge in [0.2, 0.25) is 11.7 Å². The highest BCUT2D eigenvalue weighted by molar-refractivity contribution is 5.26. The Kier molecular flexibility index (Phi) is 7.60. The summed E-state index contributed by atoms with van der Waals surface area (Å²) in [4.78, 5) is 0. The van der Waals surface area contributed by atoms with Gasteiger partial charge in [-0.1, -0.05) is 38.5 Å². The molecule has 17 heavy (non-hydrogen) atoms. The Labute approximate surface area is 97.9 Å². The normalized spacial score (nSPS) is 12.8. The molecular formula is C12H15F5. The summed E-state index contributed by atoms with van der Waals surface area (Å²) in [5.41, 5.74) is 0. The molecule has 0 rings (SSSR count). The summed E-state index contributed by atoms with van der Waals surface area (Å²) < 4.78 is 59.8. The molecule has 98 valence electrons. The summed E-state index contributed by atoms with van der Waals surface area (Å²) in [7, 11) is 0. The van der Waals surface area contributed by atoms with E-state index in [1.807, 2.05) is 0 Å². The largest absolute Gasteiger partial charge is 0.446 e. The highest BCUT2D eigenvalue weighted by Gasteiger charge is 2.37. The van der Waals surface area contributed by atoms with E-state index in [4.69, 9.17) is 0 Å². The number of halogens is 5. The molecule has 0 saturated carbocycles. The molecule has 0 nitrogen and oxygen atoms in total. The van der Waals surface area contributed by atoms with E-state index in [1.165, 1.54) is 0 Å². The minimum absolute atomic E-state index is 0.280. The fraction of sp³-hybridized carbons (Fsp3) is 0.667. The Bertz CT molecular complexity index is 303. The van der Waals surface area contributed by atoms with Crippen molar-refractivity contribution in [2.45, 2.75) is 51.6 Å². The molecule has 0 N–H and O–H groups in total. The van der Waals surface area contributed by atoms with Gasteiger partial charge >= 0.3 is 6.18 Å². The van der Waals surface area contributed by atoms with E-state index >= 15 is 0 Å². The molecule has 0 bridgehead atoms. The van der Waals surface area contributed by atoms with Gasteiger partial charge in [-0.2, -0.15) is 22.0 Å². The second kappa shape index (κ2) is 8.10. The second-order valence-electron chi connectivity index (χ2n) is 3.59. The predicted molar refractivity (Wildman–Crippen MR) is 56.4 cm³/mol. The van der Waals surface area contributed by atoms with E-state index in [2.05, 4.69) is 12.8 Å². The molecule has 0 amide bonds. The zero-order chi connectivity index (χ0) is 13.3. The first kappa shape index (κ1) is 16.0. The van der Waals surface area contributed by atoms with E-state index < -0.39 is 17.8 Å². The van der Waals surface area contributed by atoms with E-state index in [0.717, 1.165) is 25.7 Å². The molecule has 0 aromatic rings. The molecule has 5 heteroatoms. The van der Waals surface area contributed by atoms with E-state index in [9.17, 15) is 22.0 Å². The molecule has 0 heterocycles. The van der Waals surface area contributed by atoms with Crippen LogP contribution in [0.2, 0.25) is 0 Å². The molecule has 0 unspecified atom stereocenters. The third-order valence-electron chi connectivity index (χ3n) is 2.05. The van der Waals surface area contributed by atoms with Crippen LogP contribution < -0.4 is 0 Å². The van der Waals surface area contributed by atoms with Crippen molar-refractivity contribution in [3.63, 3.8) is 0 Å². The third kappa shape index (κ3) is 7.78. The number of rotatable bonds is 5. The molecule has 0 aromatic carbocycles. The highest BCUT2D eigenvalue weighted by Crippen LogP contribution is 2.29. The molecular weight excluding hydrogens is 239 g/mol. The van der Waals surface area contributed by atoms with Gasteiger partial charge in [0, 0.05) is 6.42 Å². The van der Waals surface area contributed by atoms with Crippen molar-refractivity contribution in [2.75, 3.05) is 0 Å². The quantitative estimate of drug-likeness (QED) is 0.365. The van der Waals surface area contributed by atoms with Crippen molar-refractivity contribution >= 4 is 0 Å². The summed E-state index contributed by atoms with van der Waals surface area (Å²) >= 11 is 0. The monoisotopic (exact) mass is 254 g/mol. The lowest BCUT2D eigenvalue weighted by Crippen LogP contribution is -2.09. The first-order chi connectivity index (χ1) is 7.89. The summed E-state index contributed by atoms with van der Waals surface area (Å²) in [6.07, 6.45) is -0.233. The van der Waals surface area contributed by atoms with Crippen LogP contribution in [0.1, 0.15) is 45.4 Å². The van der Waals surface area contributed by atoms with E-state index in [1.54, 1.807) is 5.92 Å². The summed E-state index contributed by atoms with van der Waals surface area (Å²) in [5.74, 6) is -1.05. The molecule has 0 aliphatic carbocycles. The molecule has 0 atom stereocenters. The summed E-state index contributed by atoms with van der Waals surface area (Å²) in [5, 5.41) is 0. The number of allylic oxidation sites excluding steroid dienone is 2. The Morgan fingerprint density at radius 1 is 1.00 bits per heavy atom. The summed E-state index contributed by atoms with van der Waals surface area (Å²) in [6.45, 7) is 2.06. The van der Waals surface area contributed by atoms with Crippen LogP contribution in [0.25, 0.3) is 0 Å². The standard InChI is InChI=1S/C12H15F5/c1-2-3-4-5-6-7-8-9-10(13)11(14)12(15,16)17/h2-7H2,1H3/b11-10+. The van der Waals surface area contributed by atoms with Crippen LogP contribution in [-0.2, 0) is 0 Å². The minimum atomic E-state index is -5.29. The number of hydrogen-bond donors (Lipinski definition) is 0. The van der Waals surface area contributed by atoms with Gasteiger partial charge in [0.15, 0.2) is 0 Å². The van der Waals surface area contributed by atoms with Crippen LogP contribution in [0.15, 0.2) is 11.7 Å². The SMILES string of the molecule is CCCCCCCC#C/C(F)=C(\F)C(F)(F)F. The fourth-order valence-corrected chi connectivity index (χ4v) is 1.14. The Morgan fingerprint density at radius 3 is 2.12 bits per heavy atom. The van der Waals surface area contributed by atoms with Crippen molar-refractivity contribution in [1.29, 1.82) is 0 Å². The average molecular weight is 254 g/mol. The molecule has 0 aliphatic rings. The number of unbranched alkanes of at least 4 members (excludes halogenated alkanes) is 5. The van der Waals surface area contributed by atoms with Crippen molar-refractivity contribution in [3.8, 4) is 11.8 Å². The van der Waals surface area contributed by atoms with Crippen LogP contribution >= 0.6 is 0 Å². The zero-order valence-corrected chi connectivity index (χ0v) is 9.63. The van der Waals surface area contributed by atoms with Crippen molar-refractivity contribution in [2.24, 2.45) is 0 Å². The Hall–Kier alpha value is -1.05. The zero-order valence-electron chi connectivity index (χ0n) is 9.63. The Morgan fingerprint density at radius 2 is 1.59 bits per heavy atom. The first-order valence-corrected chi connectivity index (χ1v) is 5.51. The number of alkyl halides is 3. The molecule has 0 fully saturated rings. The molecule has 0 aromatic heterocycles. The maximum Gasteiger partial charge on any atom is 0.446 e. The lowest BCUT2D eigenvalue weighted by atomic mass is 10.1. The van der Waals surface area contributed by atoms with Gasteiger partial charge in [0.25, 0.3) is 0 Å². The van der Waals surface area contributed by atoms with Gasteiger partial charge in [-0.05, 0) is 12.3 Å². The van der Waals surface area contributed by atoms with Gasteiger partial charge in [-0.3, -0.25) is 0 Å². The van der Waals surface area contributed by atoms with Gasteiger partial charge < -0.3 is 0 Å². The lowest BCUT2D eigenvalue weighted by molar-refractivity contribution is -0.110. The molecule has 0 aliphatic heterocycles. The van der Waals surface area contributed by atoms with Crippen molar-refractivity contribution in [1.82, 2.24) is 0 Å². The Balaban J connectivity index is 4.02. The topological polar surface area (TPSA) is 0 Å². The van der Waals surface area contributed by atoms with Crippen LogP contribution in [0.5, 0.6) is 0 Å². The van der Waals surface area contributed by atoms with Gasteiger partial charge in [0.05, 0.1) is 0 Å². The van der Waals surface area contributed by atoms with Gasteiger partial charge in [-0.25, -0.2) is 0 Å². The van der Waals surface area contributed by atoms with E-state index in [0.29, 0.717) is 6.42 Å². The predicted octanol–water partition coefficient (Wildman–Crippen LogP) is 5.06. The first-order valence-electron chi connectivity index (χ1n) is 5.51. The van der Waals surface area contributed by atoms with Crippen LogP contribution in [0.3, 0.4) is 0 Å². The molecule has 0 spiro atoms. The van der Waals surface area contributed by atoms with Gasteiger partial charge in [-0.15, -0.1) is 0 Å². The smallest absolute Gasteiger partial charge is 0.198 e. The third-order valence-corrected chi connectivity index (χ3v) is 2.05. The number of hydrogen-bond acceptors (Lipinski definition) is 0. The molecule has 0 radical (unpaired) electrons. The highest BCUT2D eigenvalue weighted by atomic mass is 19.4. The second-order valence-corrected chi connectivity index (χ2v) is 3.59. The van der Waals surface area contributed by atoms with Crippen molar-refractivity contribution < 1.29 is 22.0 Å². The van der Waals surface area contributed by atoms with Gasteiger partial charge in [0.1, 0.15) is 0 Å². The average Bonchev–Trinajstić information content (AvgIpc) is 2.25. The maximum absolute atomic E-state index is 12.5. The van der Waals surface area contributed by atoms with Crippen LogP contribution in [0.4, 0.5) is 22.0 Å².